The molecule has 2 aromatic rings. The van der Waals surface area contributed by atoms with Crippen molar-refractivity contribution >= 4 is 39.0 Å². The highest BCUT2D eigenvalue weighted by Crippen LogP contribution is 2.24. The van der Waals surface area contributed by atoms with Crippen LogP contribution in [0.15, 0.2) is 24.3 Å². The first-order chi connectivity index (χ1) is 9.74. The SMILES string of the molecule is Cc1cc(NC(=O)c2ccc(Cl)c(NS(C)(=O)=O)c2)n[nH]1. The lowest BCUT2D eigenvalue weighted by Gasteiger charge is -2.08. The van der Waals surface area contributed by atoms with E-state index < -0.39 is 15.9 Å². The summed E-state index contributed by atoms with van der Waals surface area (Å²) in [5.41, 5.74) is 1.21. The van der Waals surface area contributed by atoms with Gasteiger partial charge in [0, 0.05) is 17.3 Å². The molecular weight excluding hydrogens is 316 g/mol. The van der Waals surface area contributed by atoms with E-state index in [-0.39, 0.29) is 16.3 Å². The van der Waals surface area contributed by atoms with E-state index >= 15 is 0 Å². The fourth-order valence-electron chi connectivity index (χ4n) is 1.62. The molecule has 0 atom stereocenters. The second-order valence-electron chi connectivity index (χ2n) is 4.46. The number of aryl methyl sites for hydroxylation is 1. The van der Waals surface area contributed by atoms with Gasteiger partial charge in [-0.15, -0.1) is 0 Å². The number of aromatic amines is 1. The predicted octanol–water partition coefficient (Wildman–Crippen LogP) is 2.00. The molecule has 0 unspecified atom stereocenters. The van der Waals surface area contributed by atoms with E-state index in [2.05, 4.69) is 20.2 Å². The van der Waals surface area contributed by atoms with Gasteiger partial charge in [0.25, 0.3) is 5.91 Å². The summed E-state index contributed by atoms with van der Waals surface area (Å²) in [6, 6.07) is 5.96. The number of benzene rings is 1. The lowest BCUT2D eigenvalue weighted by molar-refractivity contribution is 0.102. The molecule has 2 rings (SSSR count). The van der Waals surface area contributed by atoms with Crippen LogP contribution in [0.5, 0.6) is 0 Å². The third-order valence-corrected chi connectivity index (χ3v) is 3.39. The number of sulfonamides is 1. The molecule has 7 nitrogen and oxygen atoms in total. The minimum atomic E-state index is -3.48. The molecule has 3 N–H and O–H groups in total. The fourth-order valence-corrected chi connectivity index (χ4v) is 2.40. The largest absolute Gasteiger partial charge is 0.305 e. The minimum absolute atomic E-state index is 0.144. The Morgan fingerprint density at radius 1 is 1.33 bits per heavy atom. The van der Waals surface area contributed by atoms with Gasteiger partial charge in [-0.1, -0.05) is 11.6 Å². The molecule has 0 spiro atoms. The average Bonchev–Trinajstić information content (AvgIpc) is 2.75. The topological polar surface area (TPSA) is 104 Å². The summed E-state index contributed by atoms with van der Waals surface area (Å²) in [7, 11) is -3.48. The Hall–Kier alpha value is -2.06. The van der Waals surface area contributed by atoms with Gasteiger partial charge in [-0.25, -0.2) is 8.42 Å². The molecule has 1 heterocycles. The van der Waals surface area contributed by atoms with Gasteiger partial charge >= 0.3 is 0 Å². The van der Waals surface area contributed by atoms with Crippen molar-refractivity contribution in [3.8, 4) is 0 Å². The van der Waals surface area contributed by atoms with E-state index in [1.807, 2.05) is 0 Å². The number of nitrogens with zero attached hydrogens (tertiary/aromatic N) is 1. The molecule has 0 bridgehead atoms. The number of halogens is 1. The summed E-state index contributed by atoms with van der Waals surface area (Å²) in [5.74, 6) is -0.0419. The molecule has 112 valence electrons. The number of carbonyl (C=O) groups excluding carboxylic acids is 1. The highest BCUT2D eigenvalue weighted by Gasteiger charge is 2.12. The summed E-state index contributed by atoms with van der Waals surface area (Å²) in [6.07, 6.45) is 1.00. The number of rotatable bonds is 4. The molecule has 0 radical (unpaired) electrons. The zero-order valence-corrected chi connectivity index (χ0v) is 12.8. The van der Waals surface area contributed by atoms with E-state index in [1.165, 1.54) is 18.2 Å². The van der Waals surface area contributed by atoms with Crippen LogP contribution in [0.25, 0.3) is 0 Å². The van der Waals surface area contributed by atoms with Crippen molar-refractivity contribution in [3.05, 3.63) is 40.5 Å². The van der Waals surface area contributed by atoms with E-state index in [1.54, 1.807) is 13.0 Å². The van der Waals surface area contributed by atoms with Crippen LogP contribution in [-0.2, 0) is 10.0 Å². The van der Waals surface area contributed by atoms with Gasteiger partial charge in [0.1, 0.15) is 0 Å². The Labute approximate surface area is 126 Å². The van der Waals surface area contributed by atoms with Crippen LogP contribution >= 0.6 is 11.6 Å². The van der Waals surface area contributed by atoms with Gasteiger partial charge in [-0.3, -0.25) is 14.6 Å². The molecule has 21 heavy (non-hydrogen) atoms. The smallest absolute Gasteiger partial charge is 0.256 e. The van der Waals surface area contributed by atoms with Crippen LogP contribution in [0, 0.1) is 6.92 Å². The molecule has 1 aromatic heterocycles. The Bertz CT molecular complexity index is 786. The summed E-state index contributed by atoms with van der Waals surface area (Å²) in [5, 5.41) is 9.37. The lowest BCUT2D eigenvalue weighted by atomic mass is 10.2. The summed E-state index contributed by atoms with van der Waals surface area (Å²) in [6.45, 7) is 1.80. The Balaban J connectivity index is 2.23. The van der Waals surface area contributed by atoms with Crippen molar-refractivity contribution in [3.63, 3.8) is 0 Å². The maximum atomic E-state index is 12.1. The normalized spacial score (nSPS) is 11.2. The standard InChI is InChI=1S/C12H13ClN4O3S/c1-7-5-11(16-15-7)14-12(18)8-3-4-9(13)10(6-8)17-21(2,19)20/h3-6,17H,1-2H3,(H2,14,15,16,18). The number of nitrogens with one attached hydrogen (secondary N) is 3. The van der Waals surface area contributed by atoms with Gasteiger partial charge in [0.2, 0.25) is 10.0 Å². The average molecular weight is 329 g/mol. The van der Waals surface area contributed by atoms with Gasteiger partial charge in [0.15, 0.2) is 5.82 Å². The lowest BCUT2D eigenvalue weighted by Crippen LogP contribution is -2.14. The first-order valence-corrected chi connectivity index (χ1v) is 8.12. The van der Waals surface area contributed by atoms with Crippen molar-refractivity contribution in [2.45, 2.75) is 6.92 Å². The second kappa shape index (κ2) is 5.74. The monoisotopic (exact) mass is 328 g/mol. The zero-order chi connectivity index (χ0) is 15.6. The van der Waals surface area contributed by atoms with Gasteiger partial charge in [0.05, 0.1) is 17.0 Å². The van der Waals surface area contributed by atoms with E-state index in [0.717, 1.165) is 11.9 Å². The van der Waals surface area contributed by atoms with Crippen LogP contribution in [0.4, 0.5) is 11.5 Å². The molecule has 0 fully saturated rings. The van der Waals surface area contributed by atoms with E-state index in [4.69, 9.17) is 11.6 Å². The quantitative estimate of drug-likeness (QED) is 0.798. The van der Waals surface area contributed by atoms with E-state index in [9.17, 15) is 13.2 Å². The van der Waals surface area contributed by atoms with Crippen molar-refractivity contribution in [1.82, 2.24) is 10.2 Å². The van der Waals surface area contributed by atoms with E-state index in [0.29, 0.717) is 5.82 Å². The highest BCUT2D eigenvalue weighted by atomic mass is 35.5. The number of aromatic nitrogens is 2. The van der Waals surface area contributed by atoms with Crippen LogP contribution < -0.4 is 10.0 Å². The summed E-state index contributed by atoms with van der Waals surface area (Å²) < 4.78 is 24.7. The van der Waals surface area contributed by atoms with Crippen molar-refractivity contribution in [1.29, 1.82) is 0 Å². The number of amides is 1. The second-order valence-corrected chi connectivity index (χ2v) is 6.61. The molecule has 0 aliphatic carbocycles. The van der Waals surface area contributed by atoms with Crippen LogP contribution in [0.1, 0.15) is 16.1 Å². The number of hydrogen-bond acceptors (Lipinski definition) is 4. The zero-order valence-electron chi connectivity index (χ0n) is 11.3. The van der Waals surface area contributed by atoms with Gasteiger partial charge in [-0.05, 0) is 25.1 Å². The Morgan fingerprint density at radius 3 is 2.62 bits per heavy atom. The predicted molar refractivity (Wildman–Crippen MR) is 81.2 cm³/mol. The van der Waals surface area contributed by atoms with Crippen LogP contribution in [0.2, 0.25) is 5.02 Å². The van der Waals surface area contributed by atoms with Crippen molar-refractivity contribution in [2.75, 3.05) is 16.3 Å². The van der Waals surface area contributed by atoms with Crippen LogP contribution in [-0.4, -0.2) is 30.8 Å². The molecule has 0 saturated heterocycles. The maximum Gasteiger partial charge on any atom is 0.256 e. The van der Waals surface area contributed by atoms with Gasteiger partial charge in [-0.2, -0.15) is 5.10 Å². The van der Waals surface area contributed by atoms with Gasteiger partial charge < -0.3 is 5.32 Å². The number of anilines is 2. The van der Waals surface area contributed by atoms with Crippen LogP contribution in [0.3, 0.4) is 0 Å². The third kappa shape index (κ3) is 4.20. The fraction of sp³-hybridized carbons (Fsp3) is 0.167. The maximum absolute atomic E-state index is 12.1. The molecule has 9 heteroatoms. The molecular formula is C12H13ClN4O3S. The first-order valence-electron chi connectivity index (χ1n) is 5.85. The Morgan fingerprint density at radius 2 is 2.05 bits per heavy atom. The number of carbonyl (C=O) groups is 1. The summed E-state index contributed by atoms with van der Waals surface area (Å²) in [4.78, 5) is 12.1. The third-order valence-electron chi connectivity index (χ3n) is 2.47. The number of H-pyrrole nitrogens is 1. The summed E-state index contributed by atoms with van der Waals surface area (Å²) >= 11 is 5.89. The molecule has 0 aliphatic heterocycles. The van der Waals surface area contributed by atoms with Crippen molar-refractivity contribution < 1.29 is 13.2 Å². The Kier molecular flexibility index (Phi) is 4.19. The number of hydrogen-bond donors (Lipinski definition) is 3. The molecule has 1 aromatic carbocycles. The molecule has 1 amide bonds. The van der Waals surface area contributed by atoms with Crippen molar-refractivity contribution in [2.24, 2.45) is 0 Å². The molecule has 0 aliphatic rings. The minimum Gasteiger partial charge on any atom is -0.305 e. The highest BCUT2D eigenvalue weighted by molar-refractivity contribution is 7.92. The molecule has 0 saturated carbocycles. The first kappa shape index (κ1) is 15.3.